The van der Waals surface area contributed by atoms with Gasteiger partial charge in [0.15, 0.2) is 22.6 Å². The maximum absolute atomic E-state index is 14.2. The molecule has 8 nitrogen and oxygen atoms in total. The van der Waals surface area contributed by atoms with Gasteiger partial charge in [-0.25, -0.2) is 14.4 Å². The van der Waals surface area contributed by atoms with Gasteiger partial charge in [-0.2, -0.15) is 9.61 Å². The molecular formula is C23H26FN7O. The summed E-state index contributed by atoms with van der Waals surface area (Å²) in [5, 5.41) is 10.9. The summed E-state index contributed by atoms with van der Waals surface area (Å²) in [6, 6.07) is 7.14. The van der Waals surface area contributed by atoms with Gasteiger partial charge in [0.2, 0.25) is 5.91 Å². The van der Waals surface area contributed by atoms with Crippen molar-refractivity contribution in [3.63, 3.8) is 0 Å². The predicted octanol–water partition coefficient (Wildman–Crippen LogP) is 3.82. The number of hydrogen-bond donors (Lipinski definition) is 2. The molecule has 166 valence electrons. The molecule has 1 aliphatic rings. The predicted molar refractivity (Wildman–Crippen MR) is 123 cm³/mol. The Morgan fingerprint density at radius 3 is 2.78 bits per heavy atom. The molecule has 0 spiro atoms. The van der Waals surface area contributed by atoms with E-state index in [1.165, 1.54) is 6.07 Å². The minimum Gasteiger partial charge on any atom is -0.365 e. The highest BCUT2D eigenvalue weighted by atomic mass is 19.1. The van der Waals surface area contributed by atoms with E-state index in [1.54, 1.807) is 29.9 Å². The fraction of sp³-hybridized carbons (Fsp3) is 0.304. The Morgan fingerprint density at radius 2 is 2.06 bits per heavy atom. The number of imidazole rings is 1. The van der Waals surface area contributed by atoms with Gasteiger partial charge in [-0.1, -0.05) is 6.92 Å². The van der Waals surface area contributed by atoms with E-state index < -0.39 is 0 Å². The summed E-state index contributed by atoms with van der Waals surface area (Å²) in [6.07, 6.45) is 4.38. The third-order valence-corrected chi connectivity index (χ3v) is 5.30. The standard InChI is InChI=1S/C21H22FN7O.C2H4/c1-3-18(30)23-10-13-8-12(4-7-15(13)22)16-9-17-26-20(25-14-5-6-14)19-21(29(17)27-16)28(2)11-24-19;1-2/h4,7-9,11,14H,3,5-6,10H2,1-2H3,(H,23,30)(H,25,26);1-2H2. The third-order valence-electron chi connectivity index (χ3n) is 5.30. The van der Waals surface area contributed by atoms with Gasteiger partial charge in [-0.3, -0.25) is 4.79 Å². The average molecular weight is 436 g/mol. The molecular weight excluding hydrogens is 409 g/mol. The van der Waals surface area contributed by atoms with Crippen molar-refractivity contribution in [1.29, 1.82) is 0 Å². The maximum atomic E-state index is 14.2. The summed E-state index contributed by atoms with van der Waals surface area (Å²) in [7, 11) is 1.92. The Morgan fingerprint density at radius 1 is 1.28 bits per heavy atom. The molecule has 1 aliphatic carbocycles. The van der Waals surface area contributed by atoms with Gasteiger partial charge < -0.3 is 15.2 Å². The van der Waals surface area contributed by atoms with Gasteiger partial charge in [-0.15, -0.1) is 13.2 Å². The van der Waals surface area contributed by atoms with Crippen molar-refractivity contribution in [2.24, 2.45) is 7.05 Å². The molecule has 5 rings (SSSR count). The molecule has 3 aromatic heterocycles. The van der Waals surface area contributed by atoms with Crippen molar-refractivity contribution in [3.05, 3.63) is 55.1 Å². The van der Waals surface area contributed by atoms with Crippen molar-refractivity contribution in [1.82, 2.24) is 29.5 Å². The van der Waals surface area contributed by atoms with Crippen LogP contribution in [0.5, 0.6) is 0 Å². The Balaban J connectivity index is 0.00000119. The maximum Gasteiger partial charge on any atom is 0.219 e. The van der Waals surface area contributed by atoms with E-state index in [4.69, 9.17) is 10.1 Å². The van der Waals surface area contributed by atoms with E-state index >= 15 is 0 Å². The quantitative estimate of drug-likeness (QED) is 0.450. The van der Waals surface area contributed by atoms with Crippen LogP contribution < -0.4 is 10.6 Å². The van der Waals surface area contributed by atoms with Crippen LogP contribution in [0.15, 0.2) is 43.8 Å². The van der Waals surface area contributed by atoms with Crippen molar-refractivity contribution < 1.29 is 9.18 Å². The lowest BCUT2D eigenvalue weighted by Gasteiger charge is -2.07. The number of hydrogen-bond acceptors (Lipinski definition) is 5. The topological polar surface area (TPSA) is 89.1 Å². The molecule has 1 aromatic carbocycles. The van der Waals surface area contributed by atoms with E-state index in [0.717, 1.165) is 35.4 Å². The molecule has 1 saturated carbocycles. The summed E-state index contributed by atoms with van der Waals surface area (Å²) >= 11 is 0. The molecule has 9 heteroatoms. The Kier molecular flexibility index (Phi) is 5.89. The first-order chi connectivity index (χ1) is 15.5. The average Bonchev–Trinajstić information content (AvgIpc) is 3.39. The van der Waals surface area contributed by atoms with Crippen LogP contribution in [0.4, 0.5) is 10.2 Å². The Labute approximate surface area is 185 Å². The van der Waals surface area contributed by atoms with Crippen LogP contribution in [-0.2, 0) is 18.4 Å². The van der Waals surface area contributed by atoms with Gasteiger partial charge in [0.05, 0.1) is 12.0 Å². The fourth-order valence-electron chi connectivity index (χ4n) is 3.47. The van der Waals surface area contributed by atoms with Crippen LogP contribution >= 0.6 is 0 Å². The number of nitrogens with one attached hydrogen (secondary N) is 2. The number of aromatic nitrogens is 5. The van der Waals surface area contributed by atoms with Crippen molar-refractivity contribution >= 4 is 28.5 Å². The van der Waals surface area contributed by atoms with Gasteiger partial charge in [0.25, 0.3) is 0 Å². The third kappa shape index (κ3) is 4.05. The first-order valence-corrected chi connectivity index (χ1v) is 10.6. The monoisotopic (exact) mass is 435 g/mol. The van der Waals surface area contributed by atoms with Crippen LogP contribution in [0.1, 0.15) is 31.7 Å². The zero-order chi connectivity index (χ0) is 22.8. The molecule has 1 fully saturated rings. The second-order valence-corrected chi connectivity index (χ2v) is 7.64. The summed E-state index contributed by atoms with van der Waals surface area (Å²) in [6.45, 7) is 7.90. The zero-order valence-electron chi connectivity index (χ0n) is 18.2. The smallest absolute Gasteiger partial charge is 0.219 e. The summed E-state index contributed by atoms with van der Waals surface area (Å²) in [5.41, 5.74) is 4.15. The minimum atomic E-state index is -0.359. The number of fused-ring (bicyclic) bond motifs is 3. The van der Waals surface area contributed by atoms with E-state index in [1.807, 2.05) is 17.7 Å². The SMILES string of the molecule is C=C.CCC(=O)NCc1cc(-c2cc3nc(NC4CC4)c4ncn(C)c4n3n2)ccc1F. The van der Waals surface area contributed by atoms with Crippen LogP contribution in [0, 0.1) is 5.82 Å². The van der Waals surface area contributed by atoms with Crippen LogP contribution in [0.2, 0.25) is 0 Å². The number of benzene rings is 1. The molecule has 2 N–H and O–H groups in total. The van der Waals surface area contributed by atoms with E-state index in [2.05, 4.69) is 28.8 Å². The first kappa shape index (κ1) is 21.5. The molecule has 0 radical (unpaired) electrons. The Hall–Kier alpha value is -3.75. The largest absolute Gasteiger partial charge is 0.365 e. The van der Waals surface area contributed by atoms with E-state index in [0.29, 0.717) is 29.4 Å². The highest BCUT2D eigenvalue weighted by Gasteiger charge is 2.24. The zero-order valence-corrected chi connectivity index (χ0v) is 18.2. The van der Waals surface area contributed by atoms with Crippen LogP contribution in [0.25, 0.3) is 28.1 Å². The Bertz CT molecular complexity index is 1290. The highest BCUT2D eigenvalue weighted by molar-refractivity contribution is 5.86. The molecule has 3 heterocycles. The number of nitrogens with zero attached hydrogens (tertiary/aromatic N) is 5. The normalized spacial score (nSPS) is 13.1. The highest BCUT2D eigenvalue weighted by Crippen LogP contribution is 2.30. The van der Waals surface area contributed by atoms with Crippen molar-refractivity contribution in [2.75, 3.05) is 5.32 Å². The number of amides is 1. The molecule has 0 bridgehead atoms. The molecule has 1 amide bonds. The second kappa shape index (κ2) is 8.78. The lowest BCUT2D eigenvalue weighted by Crippen LogP contribution is -2.22. The number of aryl methyl sites for hydroxylation is 1. The molecule has 4 aromatic rings. The lowest BCUT2D eigenvalue weighted by atomic mass is 10.1. The lowest BCUT2D eigenvalue weighted by molar-refractivity contribution is -0.120. The van der Waals surface area contributed by atoms with Crippen molar-refractivity contribution in [3.8, 4) is 11.3 Å². The minimum absolute atomic E-state index is 0.119. The molecule has 0 saturated heterocycles. The van der Waals surface area contributed by atoms with Crippen molar-refractivity contribution in [2.45, 2.75) is 38.8 Å². The number of anilines is 1. The number of carbonyl (C=O) groups excluding carboxylic acids is 1. The molecule has 0 aliphatic heterocycles. The summed E-state index contributed by atoms with van der Waals surface area (Å²) in [4.78, 5) is 20.8. The van der Waals surface area contributed by atoms with E-state index in [9.17, 15) is 9.18 Å². The number of rotatable bonds is 6. The van der Waals surface area contributed by atoms with Crippen LogP contribution in [-0.4, -0.2) is 36.1 Å². The molecule has 0 unspecified atom stereocenters. The summed E-state index contributed by atoms with van der Waals surface area (Å²) in [5.74, 6) is 0.280. The van der Waals surface area contributed by atoms with E-state index in [-0.39, 0.29) is 18.3 Å². The number of halogens is 1. The van der Waals surface area contributed by atoms with Gasteiger partial charge >= 0.3 is 0 Å². The van der Waals surface area contributed by atoms with Gasteiger partial charge in [0, 0.05) is 43.2 Å². The molecule has 0 atom stereocenters. The van der Waals surface area contributed by atoms with Gasteiger partial charge in [0.1, 0.15) is 5.82 Å². The van der Waals surface area contributed by atoms with Gasteiger partial charge in [-0.05, 0) is 31.0 Å². The second-order valence-electron chi connectivity index (χ2n) is 7.64. The first-order valence-electron chi connectivity index (χ1n) is 10.6. The summed E-state index contributed by atoms with van der Waals surface area (Å²) < 4.78 is 17.9. The molecule has 32 heavy (non-hydrogen) atoms. The number of carbonyl (C=O) groups is 1. The fourth-order valence-corrected chi connectivity index (χ4v) is 3.47. The van der Waals surface area contributed by atoms with Crippen LogP contribution in [0.3, 0.4) is 0 Å².